The third-order valence-electron chi connectivity index (χ3n) is 12.3. The second kappa shape index (κ2) is 12.9. The summed E-state index contributed by atoms with van der Waals surface area (Å²) in [5.41, 5.74) is 12.5. The summed E-state index contributed by atoms with van der Waals surface area (Å²) in [7, 11) is 0. The largest absolute Gasteiger partial charge is 0.460 e. The van der Waals surface area contributed by atoms with Crippen molar-refractivity contribution in [2.75, 3.05) is 0 Å². The van der Waals surface area contributed by atoms with Crippen LogP contribution in [-0.2, 0) is 0 Å². The average molecular weight is 753 g/mol. The smallest absolute Gasteiger partial charge is 0.143 e. The molecule has 2 heterocycles. The van der Waals surface area contributed by atoms with Crippen LogP contribution in [0, 0.1) is 6.92 Å². The Morgan fingerprint density at radius 3 is 1.56 bits per heavy atom. The van der Waals surface area contributed by atoms with Crippen molar-refractivity contribution < 1.29 is 8.83 Å². The minimum atomic E-state index is 0.870. The van der Waals surface area contributed by atoms with E-state index in [1.54, 1.807) is 0 Å². The van der Waals surface area contributed by atoms with Crippen LogP contribution < -0.4 is 0 Å². The van der Waals surface area contributed by atoms with Crippen LogP contribution in [0.15, 0.2) is 197 Å². The molecule has 10 aromatic carbocycles. The topological polar surface area (TPSA) is 26.3 Å². The van der Waals surface area contributed by atoms with Crippen LogP contribution in [0.4, 0.5) is 0 Å². The molecule has 0 spiro atoms. The van der Waals surface area contributed by atoms with Gasteiger partial charge in [0.2, 0.25) is 0 Å². The first-order chi connectivity index (χ1) is 29.1. The molecular weight excluding hydrogens is 717 g/mol. The lowest BCUT2D eigenvalue weighted by Crippen LogP contribution is -1.90. The predicted molar refractivity (Wildman–Crippen MR) is 250 cm³/mol. The zero-order valence-corrected chi connectivity index (χ0v) is 32.4. The zero-order chi connectivity index (χ0) is 39.2. The molecule has 2 heteroatoms. The predicted octanol–water partition coefficient (Wildman–Crippen LogP) is 16.6. The van der Waals surface area contributed by atoms with Crippen LogP contribution in [0.3, 0.4) is 0 Å². The number of aryl methyl sites for hydroxylation is 1. The molecule has 12 aromatic rings. The van der Waals surface area contributed by atoms with E-state index in [9.17, 15) is 0 Å². The zero-order valence-electron chi connectivity index (χ0n) is 32.4. The van der Waals surface area contributed by atoms with E-state index >= 15 is 0 Å². The minimum Gasteiger partial charge on any atom is -0.460 e. The van der Waals surface area contributed by atoms with Crippen LogP contribution >= 0.6 is 0 Å². The molecule has 276 valence electrons. The van der Waals surface area contributed by atoms with Gasteiger partial charge in [-0.15, -0.1) is 0 Å². The first-order valence-corrected chi connectivity index (χ1v) is 20.2. The molecule has 0 atom stereocenters. The number of fused-ring (bicyclic) bond motifs is 11. The Kier molecular flexibility index (Phi) is 7.33. The Balaban J connectivity index is 1.22. The quantitative estimate of drug-likeness (QED) is 0.175. The molecule has 2 aromatic heterocycles. The molecule has 0 N–H and O–H groups in total. The van der Waals surface area contributed by atoms with Gasteiger partial charge in [-0.2, -0.15) is 0 Å². The van der Waals surface area contributed by atoms with Crippen molar-refractivity contribution in [3.8, 4) is 44.5 Å². The molecule has 0 aliphatic rings. The summed E-state index contributed by atoms with van der Waals surface area (Å²) < 4.78 is 14.0. The molecule has 2 nitrogen and oxygen atoms in total. The van der Waals surface area contributed by atoms with E-state index in [0.29, 0.717) is 0 Å². The van der Waals surface area contributed by atoms with Crippen LogP contribution in [0.2, 0.25) is 0 Å². The Morgan fingerprint density at radius 2 is 0.881 bits per heavy atom. The number of benzene rings is 10. The molecule has 0 amide bonds. The fraction of sp³-hybridized carbons (Fsp3) is 0.0175. The summed E-state index contributed by atoms with van der Waals surface area (Å²) in [6.45, 7) is 6.25. The van der Waals surface area contributed by atoms with E-state index < -0.39 is 0 Å². The maximum absolute atomic E-state index is 7.01. The Morgan fingerprint density at radius 1 is 0.390 bits per heavy atom. The van der Waals surface area contributed by atoms with Gasteiger partial charge in [-0.05, 0) is 120 Å². The van der Waals surface area contributed by atoms with E-state index in [0.717, 1.165) is 93.9 Å². The van der Waals surface area contributed by atoms with Gasteiger partial charge in [0.15, 0.2) is 0 Å². The van der Waals surface area contributed by atoms with Gasteiger partial charge in [0, 0.05) is 32.8 Å². The monoisotopic (exact) mass is 752 g/mol. The van der Waals surface area contributed by atoms with Gasteiger partial charge in [0.25, 0.3) is 0 Å². The van der Waals surface area contributed by atoms with Crippen LogP contribution in [0.1, 0.15) is 11.3 Å². The van der Waals surface area contributed by atoms with Crippen LogP contribution in [0.25, 0.3) is 127 Å². The Bertz CT molecular complexity index is 3700. The first-order valence-electron chi connectivity index (χ1n) is 20.2. The molecule has 0 unspecified atom stereocenters. The normalized spacial score (nSPS) is 11.9. The lowest BCUT2D eigenvalue weighted by atomic mass is 9.88. The van der Waals surface area contributed by atoms with Gasteiger partial charge in [0.1, 0.15) is 22.5 Å². The summed E-state index contributed by atoms with van der Waals surface area (Å²) in [5.74, 6) is 0.878. The SMILES string of the molecule is C=Cc1ccccc1-c1c(C)oc2c(-c3cc(-c4cccc5ccccc45)cc(-c4cc5ccccc5c5c4oc4ccc6ccccc6c45)c3)cc3ccccc3c12. The van der Waals surface area contributed by atoms with Crippen molar-refractivity contribution >= 4 is 82.1 Å². The van der Waals surface area contributed by atoms with Crippen LogP contribution in [0.5, 0.6) is 0 Å². The maximum Gasteiger partial charge on any atom is 0.143 e. The van der Waals surface area contributed by atoms with Crippen molar-refractivity contribution in [3.05, 3.63) is 200 Å². The summed E-state index contributed by atoms with van der Waals surface area (Å²) in [6.07, 6.45) is 1.94. The summed E-state index contributed by atoms with van der Waals surface area (Å²) in [4.78, 5) is 0. The van der Waals surface area contributed by atoms with E-state index in [1.807, 2.05) is 6.08 Å². The van der Waals surface area contributed by atoms with Gasteiger partial charge in [-0.25, -0.2) is 0 Å². The van der Waals surface area contributed by atoms with Crippen molar-refractivity contribution in [1.82, 2.24) is 0 Å². The van der Waals surface area contributed by atoms with Gasteiger partial charge in [-0.3, -0.25) is 0 Å². The second-order valence-electron chi connectivity index (χ2n) is 15.6. The van der Waals surface area contributed by atoms with Crippen molar-refractivity contribution in [1.29, 1.82) is 0 Å². The molecule has 0 saturated heterocycles. The van der Waals surface area contributed by atoms with Crippen molar-refractivity contribution in [2.45, 2.75) is 6.92 Å². The van der Waals surface area contributed by atoms with E-state index in [1.165, 1.54) is 37.9 Å². The van der Waals surface area contributed by atoms with E-state index in [4.69, 9.17) is 8.83 Å². The molecular formula is C57H36O2. The molecule has 0 saturated carbocycles. The second-order valence-corrected chi connectivity index (χ2v) is 15.6. The lowest BCUT2D eigenvalue weighted by molar-refractivity contribution is 0.581. The number of hydrogen-bond acceptors (Lipinski definition) is 2. The minimum absolute atomic E-state index is 0.870. The Labute approximate surface area is 340 Å². The van der Waals surface area contributed by atoms with Crippen molar-refractivity contribution in [2.24, 2.45) is 0 Å². The fourth-order valence-electron chi connectivity index (χ4n) is 9.68. The van der Waals surface area contributed by atoms with Gasteiger partial charge >= 0.3 is 0 Å². The van der Waals surface area contributed by atoms with E-state index in [2.05, 4.69) is 195 Å². The highest BCUT2D eigenvalue weighted by atomic mass is 16.3. The van der Waals surface area contributed by atoms with Gasteiger partial charge < -0.3 is 8.83 Å². The summed E-state index contributed by atoms with van der Waals surface area (Å²) in [5, 5.41) is 12.9. The van der Waals surface area contributed by atoms with Gasteiger partial charge in [-0.1, -0.05) is 158 Å². The molecule has 0 radical (unpaired) electrons. The highest BCUT2D eigenvalue weighted by molar-refractivity contribution is 6.29. The van der Waals surface area contributed by atoms with Gasteiger partial charge in [0.05, 0.1) is 0 Å². The number of hydrogen-bond donors (Lipinski definition) is 0. The first kappa shape index (κ1) is 33.5. The standard InChI is InChI=1S/C57H36O2/c1-3-35-15-4-10-22-45(35)52-34(2)58-56-49(32-38-18-7-12-24-47(38)54(52)56)41-29-40(44-26-14-20-36-16-5-9-21-43(36)44)30-42(31-41)50-33-39-19-8-13-25-48(39)55-53-46-23-11-6-17-37(46)27-28-51(53)59-57(50)55/h3-33H,1H2,2H3. The molecule has 12 rings (SSSR count). The van der Waals surface area contributed by atoms with Crippen molar-refractivity contribution in [3.63, 3.8) is 0 Å². The molecule has 0 aliphatic heterocycles. The molecule has 0 fully saturated rings. The molecule has 59 heavy (non-hydrogen) atoms. The average Bonchev–Trinajstić information content (AvgIpc) is 3.86. The number of furan rings is 2. The third kappa shape index (κ3) is 5.06. The maximum atomic E-state index is 7.01. The molecule has 0 bridgehead atoms. The lowest BCUT2D eigenvalue weighted by Gasteiger charge is -2.15. The fourth-order valence-corrected chi connectivity index (χ4v) is 9.68. The summed E-state index contributed by atoms with van der Waals surface area (Å²) >= 11 is 0. The Hall–Kier alpha value is -7.68. The van der Waals surface area contributed by atoms with Crippen LogP contribution in [-0.4, -0.2) is 0 Å². The highest BCUT2D eigenvalue weighted by Gasteiger charge is 2.24. The highest BCUT2D eigenvalue weighted by Crippen LogP contribution is 2.48. The number of rotatable bonds is 5. The summed E-state index contributed by atoms with van der Waals surface area (Å²) in [6, 6.07) is 65.6. The third-order valence-corrected chi connectivity index (χ3v) is 12.3. The van der Waals surface area contributed by atoms with E-state index in [-0.39, 0.29) is 0 Å². The molecule has 0 aliphatic carbocycles.